The average Bonchev–Trinajstić information content (AvgIpc) is 2.24. The van der Waals surface area contributed by atoms with Crippen molar-refractivity contribution in [1.82, 2.24) is 0 Å². The maximum absolute atomic E-state index is 5.68. The van der Waals surface area contributed by atoms with Crippen LogP contribution in [0.15, 0.2) is 28.7 Å². The van der Waals surface area contributed by atoms with Gasteiger partial charge >= 0.3 is 0 Å². The highest BCUT2D eigenvalue weighted by Crippen LogP contribution is 2.18. The first-order chi connectivity index (χ1) is 7.26. The van der Waals surface area contributed by atoms with Gasteiger partial charge in [0.1, 0.15) is 5.75 Å². The molecular weight excluding hydrogens is 254 g/mol. The normalized spacial score (nSPS) is 12.5. The van der Waals surface area contributed by atoms with Gasteiger partial charge in [-0.2, -0.15) is 0 Å². The molecule has 0 saturated carbocycles. The molecule has 0 aliphatic carbocycles. The highest BCUT2D eigenvalue weighted by molar-refractivity contribution is 9.10. The molecule has 3 heteroatoms. The van der Waals surface area contributed by atoms with Crippen LogP contribution in [-0.2, 0) is 0 Å². The molecule has 0 aliphatic heterocycles. The molecule has 0 amide bonds. The lowest BCUT2D eigenvalue weighted by Gasteiger charge is -2.14. The molecule has 2 nitrogen and oxygen atoms in total. The maximum Gasteiger partial charge on any atom is 0.120 e. The number of rotatable bonds is 6. The van der Waals surface area contributed by atoms with Crippen molar-refractivity contribution >= 4 is 15.9 Å². The van der Waals surface area contributed by atoms with Crippen molar-refractivity contribution in [3.63, 3.8) is 0 Å². The van der Waals surface area contributed by atoms with E-state index in [1.54, 1.807) is 0 Å². The Bertz CT molecular complexity index is 291. The van der Waals surface area contributed by atoms with Crippen LogP contribution in [0.25, 0.3) is 0 Å². The van der Waals surface area contributed by atoms with Crippen LogP contribution in [0.1, 0.15) is 19.8 Å². The van der Waals surface area contributed by atoms with E-state index in [1.807, 2.05) is 24.3 Å². The van der Waals surface area contributed by atoms with E-state index in [-0.39, 0.29) is 0 Å². The Morgan fingerprint density at radius 1 is 1.47 bits per heavy atom. The first-order valence-corrected chi connectivity index (χ1v) is 6.14. The van der Waals surface area contributed by atoms with Crippen molar-refractivity contribution < 1.29 is 4.74 Å². The minimum atomic E-state index is 0.467. The maximum atomic E-state index is 5.68. The van der Waals surface area contributed by atoms with Crippen molar-refractivity contribution in [2.24, 2.45) is 11.7 Å². The molecule has 0 fully saturated rings. The average molecular weight is 272 g/mol. The monoisotopic (exact) mass is 271 g/mol. The summed E-state index contributed by atoms with van der Waals surface area (Å²) in [6.07, 6.45) is 2.29. The third-order valence-corrected chi connectivity index (χ3v) is 2.81. The summed E-state index contributed by atoms with van der Waals surface area (Å²) in [5, 5.41) is 0. The Morgan fingerprint density at radius 2 is 2.27 bits per heavy atom. The Kier molecular flexibility index (Phi) is 5.73. The molecule has 0 bridgehead atoms. The van der Waals surface area contributed by atoms with Crippen LogP contribution >= 0.6 is 15.9 Å². The minimum Gasteiger partial charge on any atom is -0.493 e. The summed E-state index contributed by atoms with van der Waals surface area (Å²) in [6.45, 7) is 3.57. The number of nitrogens with two attached hydrogens (primary N) is 1. The molecule has 1 unspecified atom stereocenters. The van der Waals surface area contributed by atoms with Gasteiger partial charge in [0, 0.05) is 10.4 Å². The number of ether oxygens (including phenoxy) is 1. The first kappa shape index (κ1) is 12.5. The molecule has 0 radical (unpaired) electrons. The molecule has 2 N–H and O–H groups in total. The molecule has 0 saturated heterocycles. The Hall–Kier alpha value is -0.540. The predicted octanol–water partition coefficient (Wildman–Crippen LogP) is 3.20. The Labute approximate surface area is 99.9 Å². The summed E-state index contributed by atoms with van der Waals surface area (Å²) in [4.78, 5) is 0. The molecule has 1 aromatic rings. The smallest absolute Gasteiger partial charge is 0.120 e. The molecule has 1 rings (SSSR count). The standard InChI is InChI=1S/C12H18BrNO/c1-2-4-10(8-14)9-15-12-6-3-5-11(13)7-12/h3,5-7,10H,2,4,8-9,14H2,1H3. The van der Waals surface area contributed by atoms with E-state index >= 15 is 0 Å². The number of hydrogen-bond acceptors (Lipinski definition) is 2. The van der Waals surface area contributed by atoms with Gasteiger partial charge < -0.3 is 10.5 Å². The molecule has 1 aromatic carbocycles. The van der Waals surface area contributed by atoms with Crippen molar-refractivity contribution in [2.75, 3.05) is 13.2 Å². The summed E-state index contributed by atoms with van der Waals surface area (Å²) in [5.41, 5.74) is 5.66. The number of halogens is 1. The van der Waals surface area contributed by atoms with Gasteiger partial charge in [0.25, 0.3) is 0 Å². The molecule has 0 heterocycles. The summed E-state index contributed by atoms with van der Waals surface area (Å²) in [7, 11) is 0. The van der Waals surface area contributed by atoms with Gasteiger partial charge in [0.15, 0.2) is 0 Å². The van der Waals surface area contributed by atoms with Crippen LogP contribution in [0.2, 0.25) is 0 Å². The molecular formula is C12H18BrNO. The summed E-state index contributed by atoms with van der Waals surface area (Å²) >= 11 is 3.41. The highest BCUT2D eigenvalue weighted by Gasteiger charge is 2.06. The van der Waals surface area contributed by atoms with Gasteiger partial charge in [-0.3, -0.25) is 0 Å². The zero-order valence-electron chi connectivity index (χ0n) is 9.08. The zero-order chi connectivity index (χ0) is 11.1. The predicted molar refractivity (Wildman–Crippen MR) is 67.1 cm³/mol. The SMILES string of the molecule is CCCC(CN)COc1cccc(Br)c1. The zero-order valence-corrected chi connectivity index (χ0v) is 10.7. The Morgan fingerprint density at radius 3 is 2.87 bits per heavy atom. The fourth-order valence-corrected chi connectivity index (χ4v) is 1.83. The second-order valence-corrected chi connectivity index (χ2v) is 4.57. The summed E-state index contributed by atoms with van der Waals surface area (Å²) in [6, 6.07) is 7.89. The van der Waals surface area contributed by atoms with E-state index in [2.05, 4.69) is 22.9 Å². The summed E-state index contributed by atoms with van der Waals surface area (Å²) in [5.74, 6) is 1.37. The topological polar surface area (TPSA) is 35.2 Å². The third-order valence-electron chi connectivity index (χ3n) is 2.31. The van der Waals surface area contributed by atoms with Gasteiger partial charge in [0.05, 0.1) is 6.61 Å². The van der Waals surface area contributed by atoms with Gasteiger partial charge in [-0.15, -0.1) is 0 Å². The lowest BCUT2D eigenvalue weighted by Crippen LogP contribution is -2.21. The van der Waals surface area contributed by atoms with E-state index in [4.69, 9.17) is 10.5 Å². The fraction of sp³-hybridized carbons (Fsp3) is 0.500. The largest absolute Gasteiger partial charge is 0.493 e. The van der Waals surface area contributed by atoms with E-state index in [1.165, 1.54) is 0 Å². The van der Waals surface area contributed by atoms with Crippen LogP contribution in [0.3, 0.4) is 0 Å². The number of benzene rings is 1. The lowest BCUT2D eigenvalue weighted by molar-refractivity contribution is 0.243. The van der Waals surface area contributed by atoms with Crippen molar-refractivity contribution in [1.29, 1.82) is 0 Å². The van der Waals surface area contributed by atoms with Crippen LogP contribution in [0, 0.1) is 5.92 Å². The third kappa shape index (κ3) is 4.67. The van der Waals surface area contributed by atoms with Crippen molar-refractivity contribution in [3.8, 4) is 5.75 Å². The quantitative estimate of drug-likeness (QED) is 0.863. The lowest BCUT2D eigenvalue weighted by atomic mass is 10.1. The number of hydrogen-bond donors (Lipinski definition) is 1. The second kappa shape index (κ2) is 6.85. The van der Waals surface area contributed by atoms with E-state index in [0.29, 0.717) is 19.1 Å². The van der Waals surface area contributed by atoms with Gasteiger partial charge in [0.2, 0.25) is 0 Å². The van der Waals surface area contributed by atoms with Gasteiger partial charge in [-0.05, 0) is 31.2 Å². The van der Waals surface area contributed by atoms with E-state index in [9.17, 15) is 0 Å². The van der Waals surface area contributed by atoms with E-state index < -0.39 is 0 Å². The first-order valence-electron chi connectivity index (χ1n) is 5.34. The van der Waals surface area contributed by atoms with Gasteiger partial charge in [-0.1, -0.05) is 35.3 Å². The van der Waals surface area contributed by atoms with Crippen molar-refractivity contribution in [2.45, 2.75) is 19.8 Å². The molecule has 0 aromatic heterocycles. The fourth-order valence-electron chi connectivity index (χ4n) is 1.45. The Balaban J connectivity index is 2.41. The summed E-state index contributed by atoms with van der Waals surface area (Å²) < 4.78 is 6.72. The minimum absolute atomic E-state index is 0.467. The molecule has 84 valence electrons. The van der Waals surface area contributed by atoms with Gasteiger partial charge in [-0.25, -0.2) is 0 Å². The van der Waals surface area contributed by atoms with E-state index in [0.717, 1.165) is 23.1 Å². The van der Waals surface area contributed by atoms with Crippen LogP contribution in [-0.4, -0.2) is 13.2 Å². The molecule has 1 atom stereocenters. The van der Waals surface area contributed by atoms with Crippen LogP contribution < -0.4 is 10.5 Å². The van der Waals surface area contributed by atoms with Crippen LogP contribution in [0.5, 0.6) is 5.75 Å². The van der Waals surface area contributed by atoms with Crippen LogP contribution in [0.4, 0.5) is 0 Å². The molecule has 15 heavy (non-hydrogen) atoms. The molecule has 0 aliphatic rings. The van der Waals surface area contributed by atoms with Crippen molar-refractivity contribution in [3.05, 3.63) is 28.7 Å². The highest BCUT2D eigenvalue weighted by atomic mass is 79.9. The molecule has 0 spiro atoms. The second-order valence-electron chi connectivity index (χ2n) is 3.66.